The predicted octanol–water partition coefficient (Wildman–Crippen LogP) is 2.87. The first-order valence-electron chi connectivity index (χ1n) is 5.03. The summed E-state index contributed by atoms with van der Waals surface area (Å²) in [5.74, 6) is 0. The van der Waals surface area contributed by atoms with Gasteiger partial charge in [0.25, 0.3) is 5.69 Å². The normalized spacial score (nSPS) is 11.5. The van der Waals surface area contributed by atoms with Crippen molar-refractivity contribution < 1.29 is 4.92 Å². The third kappa shape index (κ3) is 2.71. The fourth-order valence-electron chi connectivity index (χ4n) is 1.58. The molecule has 0 aromatic heterocycles. The van der Waals surface area contributed by atoms with Crippen molar-refractivity contribution >= 4 is 17.3 Å². The Morgan fingerprint density at radius 1 is 1.50 bits per heavy atom. The molecule has 0 radical (unpaired) electrons. The van der Waals surface area contributed by atoms with Gasteiger partial charge in [0.2, 0.25) is 0 Å². The van der Waals surface area contributed by atoms with E-state index in [0.29, 0.717) is 6.54 Å². The lowest BCUT2D eigenvalue weighted by atomic mass is 9.81. The Morgan fingerprint density at radius 2 is 2.12 bits per heavy atom. The second kappa shape index (κ2) is 4.80. The molecule has 0 bridgehead atoms. The first-order valence-corrected chi connectivity index (χ1v) is 5.41. The Hall–Kier alpha value is -1.13. The number of hydrogen-bond donors (Lipinski definition) is 1. The van der Waals surface area contributed by atoms with Gasteiger partial charge in [-0.1, -0.05) is 31.5 Å². The van der Waals surface area contributed by atoms with E-state index in [-0.39, 0.29) is 16.1 Å². The van der Waals surface area contributed by atoms with Crippen molar-refractivity contribution in [1.82, 2.24) is 0 Å². The SMILES string of the molecule is CC(C)(CCN)c1ccc(Cl)c([N+](=O)[O-])c1. The molecule has 1 aromatic carbocycles. The van der Waals surface area contributed by atoms with Gasteiger partial charge in [0, 0.05) is 6.07 Å². The molecule has 4 nitrogen and oxygen atoms in total. The topological polar surface area (TPSA) is 69.2 Å². The third-order valence-corrected chi connectivity index (χ3v) is 3.01. The maximum Gasteiger partial charge on any atom is 0.288 e. The molecule has 0 aliphatic carbocycles. The minimum atomic E-state index is -0.468. The highest BCUT2D eigenvalue weighted by molar-refractivity contribution is 6.32. The van der Waals surface area contributed by atoms with Crippen molar-refractivity contribution in [2.45, 2.75) is 25.7 Å². The lowest BCUT2D eigenvalue weighted by Crippen LogP contribution is -2.21. The molecule has 0 aliphatic heterocycles. The molecular formula is C11H15ClN2O2. The molecule has 0 aliphatic rings. The molecule has 0 spiro atoms. The van der Waals surface area contributed by atoms with Gasteiger partial charge in [-0.25, -0.2) is 0 Å². The van der Waals surface area contributed by atoms with Gasteiger partial charge >= 0.3 is 0 Å². The molecule has 0 saturated heterocycles. The Bertz CT molecular complexity index is 405. The summed E-state index contributed by atoms with van der Waals surface area (Å²) < 4.78 is 0. The van der Waals surface area contributed by atoms with Crippen molar-refractivity contribution in [3.8, 4) is 0 Å². The van der Waals surface area contributed by atoms with Crippen LogP contribution < -0.4 is 5.73 Å². The number of nitrogens with zero attached hydrogens (tertiary/aromatic N) is 1. The first-order chi connectivity index (χ1) is 7.38. The minimum Gasteiger partial charge on any atom is -0.330 e. The number of hydrogen-bond acceptors (Lipinski definition) is 3. The quantitative estimate of drug-likeness (QED) is 0.652. The van der Waals surface area contributed by atoms with Crippen LogP contribution in [0.25, 0.3) is 0 Å². The first kappa shape index (κ1) is 12.9. The molecule has 0 atom stereocenters. The zero-order valence-corrected chi connectivity index (χ0v) is 10.1. The van der Waals surface area contributed by atoms with Crippen LogP contribution in [0, 0.1) is 10.1 Å². The Labute approximate surface area is 99.6 Å². The van der Waals surface area contributed by atoms with Gasteiger partial charge in [-0.05, 0) is 30.0 Å². The van der Waals surface area contributed by atoms with Crippen LogP contribution in [0.4, 0.5) is 5.69 Å². The van der Waals surface area contributed by atoms with E-state index in [9.17, 15) is 10.1 Å². The van der Waals surface area contributed by atoms with Crippen molar-refractivity contribution in [2.24, 2.45) is 5.73 Å². The van der Waals surface area contributed by atoms with E-state index in [0.717, 1.165) is 12.0 Å². The summed E-state index contributed by atoms with van der Waals surface area (Å²) in [6, 6.07) is 4.90. The molecule has 5 heteroatoms. The molecule has 0 unspecified atom stereocenters. The molecule has 88 valence electrons. The second-order valence-corrected chi connectivity index (χ2v) is 4.75. The monoisotopic (exact) mass is 242 g/mol. The number of halogens is 1. The Balaban J connectivity index is 3.17. The molecule has 0 amide bonds. The largest absolute Gasteiger partial charge is 0.330 e. The average molecular weight is 243 g/mol. The number of nitrogens with two attached hydrogens (primary N) is 1. The lowest BCUT2D eigenvalue weighted by molar-refractivity contribution is -0.384. The van der Waals surface area contributed by atoms with Gasteiger partial charge in [-0.2, -0.15) is 0 Å². The summed E-state index contributed by atoms with van der Waals surface area (Å²) in [6.45, 7) is 4.56. The van der Waals surface area contributed by atoms with Crippen molar-refractivity contribution in [3.63, 3.8) is 0 Å². The Morgan fingerprint density at radius 3 is 2.62 bits per heavy atom. The van der Waals surface area contributed by atoms with Crippen molar-refractivity contribution in [3.05, 3.63) is 38.9 Å². The number of nitro benzene ring substituents is 1. The van der Waals surface area contributed by atoms with Crippen LogP contribution in [-0.2, 0) is 5.41 Å². The van der Waals surface area contributed by atoms with Gasteiger partial charge in [0.05, 0.1) is 4.92 Å². The van der Waals surface area contributed by atoms with Crippen molar-refractivity contribution in [2.75, 3.05) is 6.54 Å². The summed E-state index contributed by atoms with van der Waals surface area (Å²) in [5, 5.41) is 10.9. The fraction of sp³-hybridized carbons (Fsp3) is 0.455. The van der Waals surface area contributed by atoms with E-state index in [2.05, 4.69) is 0 Å². The molecule has 0 saturated carbocycles. The molecule has 16 heavy (non-hydrogen) atoms. The standard InChI is InChI=1S/C11H15ClN2O2/c1-11(2,5-6-13)8-3-4-9(12)10(7-8)14(15)16/h3-4,7H,5-6,13H2,1-2H3. The summed E-state index contributed by atoms with van der Waals surface area (Å²) >= 11 is 5.75. The molecular weight excluding hydrogens is 228 g/mol. The highest BCUT2D eigenvalue weighted by Gasteiger charge is 2.23. The smallest absolute Gasteiger partial charge is 0.288 e. The maximum absolute atomic E-state index is 10.8. The van der Waals surface area contributed by atoms with Crippen LogP contribution in [0.15, 0.2) is 18.2 Å². The van der Waals surface area contributed by atoms with Gasteiger partial charge in [0.15, 0.2) is 0 Å². The van der Waals surface area contributed by atoms with Gasteiger partial charge in [-0.15, -0.1) is 0 Å². The number of benzene rings is 1. The molecule has 0 heterocycles. The van der Waals surface area contributed by atoms with Crippen molar-refractivity contribution in [1.29, 1.82) is 0 Å². The number of rotatable bonds is 4. The van der Waals surface area contributed by atoms with Gasteiger partial charge in [0.1, 0.15) is 5.02 Å². The summed E-state index contributed by atoms with van der Waals surface area (Å²) in [7, 11) is 0. The Kier molecular flexibility index (Phi) is 3.88. The minimum absolute atomic E-state index is 0.0516. The van der Waals surface area contributed by atoms with E-state index < -0.39 is 4.92 Å². The van der Waals surface area contributed by atoms with Crippen LogP contribution in [-0.4, -0.2) is 11.5 Å². The number of nitro groups is 1. The van der Waals surface area contributed by atoms with Crippen LogP contribution >= 0.6 is 11.6 Å². The second-order valence-electron chi connectivity index (χ2n) is 4.35. The van der Waals surface area contributed by atoms with E-state index >= 15 is 0 Å². The zero-order chi connectivity index (χ0) is 12.3. The predicted molar refractivity (Wildman–Crippen MR) is 64.8 cm³/mol. The van der Waals surface area contributed by atoms with E-state index in [4.69, 9.17) is 17.3 Å². The van der Waals surface area contributed by atoms with Gasteiger partial charge in [-0.3, -0.25) is 10.1 Å². The summed E-state index contributed by atoms with van der Waals surface area (Å²) in [5.41, 5.74) is 6.18. The van der Waals surface area contributed by atoms with E-state index in [1.54, 1.807) is 6.07 Å². The molecule has 0 fully saturated rings. The highest BCUT2D eigenvalue weighted by atomic mass is 35.5. The lowest BCUT2D eigenvalue weighted by Gasteiger charge is -2.24. The van der Waals surface area contributed by atoms with E-state index in [1.807, 2.05) is 19.9 Å². The van der Waals surface area contributed by atoms with Crippen LogP contribution in [0.1, 0.15) is 25.8 Å². The molecule has 1 rings (SSSR count). The average Bonchev–Trinajstić information content (AvgIpc) is 2.17. The highest BCUT2D eigenvalue weighted by Crippen LogP contribution is 2.32. The summed E-state index contributed by atoms with van der Waals surface area (Å²) in [4.78, 5) is 10.3. The van der Waals surface area contributed by atoms with Crippen LogP contribution in [0.5, 0.6) is 0 Å². The fourth-order valence-corrected chi connectivity index (χ4v) is 1.77. The third-order valence-electron chi connectivity index (χ3n) is 2.69. The van der Waals surface area contributed by atoms with Gasteiger partial charge < -0.3 is 5.73 Å². The van der Waals surface area contributed by atoms with E-state index in [1.165, 1.54) is 6.07 Å². The molecule has 2 N–H and O–H groups in total. The summed E-state index contributed by atoms with van der Waals surface area (Å²) in [6.07, 6.45) is 0.770. The van der Waals surface area contributed by atoms with Crippen LogP contribution in [0.2, 0.25) is 5.02 Å². The zero-order valence-electron chi connectivity index (χ0n) is 9.37. The maximum atomic E-state index is 10.8. The van der Waals surface area contributed by atoms with Crippen LogP contribution in [0.3, 0.4) is 0 Å². The molecule has 1 aromatic rings.